The number of halogens is 1. The standard InChI is InChI=1S/C19H19ClN2O5/c1-26-19(25)15-10-14(2-3-16(15)20)21-17(23)12-4-7-22(8-5-12)18(24)13-6-9-27-11-13/h2-3,6,9-12H,4-5,7-8H2,1H3,(H,21,23). The topological polar surface area (TPSA) is 88.9 Å². The summed E-state index contributed by atoms with van der Waals surface area (Å²) in [5, 5.41) is 3.06. The molecule has 1 N–H and O–H groups in total. The number of hydrogen-bond donors (Lipinski definition) is 1. The second-order valence-electron chi connectivity index (χ2n) is 6.25. The Kier molecular flexibility index (Phi) is 5.81. The molecule has 27 heavy (non-hydrogen) atoms. The Balaban J connectivity index is 1.58. The second-order valence-corrected chi connectivity index (χ2v) is 6.66. The van der Waals surface area contributed by atoms with Crippen molar-refractivity contribution in [3.8, 4) is 0 Å². The molecule has 0 atom stereocenters. The number of rotatable bonds is 4. The molecule has 3 rings (SSSR count). The maximum absolute atomic E-state index is 12.5. The van der Waals surface area contributed by atoms with Gasteiger partial charge in [-0.05, 0) is 37.1 Å². The molecule has 1 aliphatic heterocycles. The molecule has 2 heterocycles. The number of esters is 1. The van der Waals surface area contributed by atoms with E-state index in [0.717, 1.165) is 0 Å². The number of nitrogens with one attached hydrogen (secondary N) is 1. The lowest BCUT2D eigenvalue weighted by Crippen LogP contribution is -2.41. The van der Waals surface area contributed by atoms with Gasteiger partial charge in [0.15, 0.2) is 0 Å². The third kappa shape index (κ3) is 4.31. The fraction of sp³-hybridized carbons (Fsp3) is 0.316. The van der Waals surface area contributed by atoms with Gasteiger partial charge in [0.2, 0.25) is 5.91 Å². The molecule has 1 saturated heterocycles. The Morgan fingerprint density at radius 3 is 2.59 bits per heavy atom. The lowest BCUT2D eigenvalue weighted by molar-refractivity contribution is -0.121. The summed E-state index contributed by atoms with van der Waals surface area (Å²) < 4.78 is 9.62. The molecule has 8 heteroatoms. The molecule has 0 bridgehead atoms. The molecule has 0 spiro atoms. The van der Waals surface area contributed by atoms with E-state index in [-0.39, 0.29) is 28.3 Å². The van der Waals surface area contributed by atoms with E-state index in [9.17, 15) is 14.4 Å². The predicted molar refractivity (Wildman–Crippen MR) is 98.8 cm³/mol. The number of carbonyl (C=O) groups excluding carboxylic acids is 3. The van der Waals surface area contributed by atoms with Gasteiger partial charge in [-0.25, -0.2) is 4.79 Å². The van der Waals surface area contributed by atoms with E-state index < -0.39 is 5.97 Å². The number of piperidine rings is 1. The highest BCUT2D eigenvalue weighted by Crippen LogP contribution is 2.24. The Morgan fingerprint density at radius 2 is 1.96 bits per heavy atom. The Hall–Kier alpha value is -2.80. The molecule has 2 aromatic rings. The number of ether oxygens (including phenoxy) is 1. The molecule has 142 valence electrons. The van der Waals surface area contributed by atoms with E-state index in [0.29, 0.717) is 37.2 Å². The third-order valence-electron chi connectivity index (χ3n) is 4.56. The van der Waals surface area contributed by atoms with Crippen LogP contribution in [0.25, 0.3) is 0 Å². The molecule has 7 nitrogen and oxygen atoms in total. The number of carbonyl (C=O) groups is 3. The van der Waals surface area contributed by atoms with Crippen LogP contribution in [-0.2, 0) is 9.53 Å². The Bertz CT molecular complexity index is 842. The Labute approximate surface area is 161 Å². The van der Waals surface area contributed by atoms with Gasteiger partial charge in [-0.2, -0.15) is 0 Å². The molecule has 0 radical (unpaired) electrons. The zero-order valence-corrected chi connectivity index (χ0v) is 15.5. The summed E-state index contributed by atoms with van der Waals surface area (Å²) >= 11 is 5.99. The fourth-order valence-corrected chi connectivity index (χ4v) is 3.22. The van der Waals surface area contributed by atoms with E-state index in [1.54, 1.807) is 17.0 Å². The minimum Gasteiger partial charge on any atom is -0.472 e. The number of furan rings is 1. The quantitative estimate of drug-likeness (QED) is 0.810. The lowest BCUT2D eigenvalue weighted by atomic mass is 9.95. The van der Waals surface area contributed by atoms with Crippen LogP contribution in [0.15, 0.2) is 41.2 Å². The first-order valence-electron chi connectivity index (χ1n) is 8.50. The first kappa shape index (κ1) is 19.0. The molecule has 0 unspecified atom stereocenters. The second kappa shape index (κ2) is 8.26. The van der Waals surface area contributed by atoms with Crippen molar-refractivity contribution in [2.24, 2.45) is 5.92 Å². The number of anilines is 1. The van der Waals surface area contributed by atoms with Gasteiger partial charge in [0.05, 0.1) is 29.5 Å². The summed E-state index contributed by atoms with van der Waals surface area (Å²) in [7, 11) is 1.27. The zero-order chi connectivity index (χ0) is 19.4. The van der Waals surface area contributed by atoms with Gasteiger partial charge in [-0.1, -0.05) is 11.6 Å². The summed E-state index contributed by atoms with van der Waals surface area (Å²) in [4.78, 5) is 38.3. The van der Waals surface area contributed by atoms with Crippen LogP contribution in [0, 0.1) is 5.92 Å². The van der Waals surface area contributed by atoms with Crippen LogP contribution >= 0.6 is 11.6 Å². The normalized spacial score (nSPS) is 14.7. The van der Waals surface area contributed by atoms with Crippen molar-refractivity contribution in [3.05, 3.63) is 52.9 Å². The van der Waals surface area contributed by atoms with Crippen molar-refractivity contribution in [1.29, 1.82) is 0 Å². The van der Waals surface area contributed by atoms with Crippen molar-refractivity contribution in [2.45, 2.75) is 12.8 Å². The van der Waals surface area contributed by atoms with Gasteiger partial charge in [0.1, 0.15) is 6.26 Å². The number of nitrogens with zero attached hydrogens (tertiary/aromatic N) is 1. The smallest absolute Gasteiger partial charge is 0.339 e. The summed E-state index contributed by atoms with van der Waals surface area (Å²) in [6, 6.07) is 6.28. The van der Waals surface area contributed by atoms with Gasteiger partial charge in [-0.3, -0.25) is 9.59 Å². The molecule has 1 aromatic heterocycles. The van der Waals surface area contributed by atoms with Crippen molar-refractivity contribution in [3.63, 3.8) is 0 Å². The van der Waals surface area contributed by atoms with Crippen LogP contribution in [0.2, 0.25) is 5.02 Å². The van der Waals surface area contributed by atoms with E-state index in [2.05, 4.69) is 10.1 Å². The van der Waals surface area contributed by atoms with E-state index in [1.807, 2.05) is 0 Å². The van der Waals surface area contributed by atoms with E-state index in [4.69, 9.17) is 16.0 Å². The molecular weight excluding hydrogens is 372 g/mol. The van der Waals surface area contributed by atoms with E-state index in [1.165, 1.54) is 31.8 Å². The summed E-state index contributed by atoms with van der Waals surface area (Å²) in [5.41, 5.74) is 1.17. The minimum atomic E-state index is -0.567. The molecule has 2 amide bonds. The van der Waals surface area contributed by atoms with Gasteiger partial charge in [0, 0.05) is 24.7 Å². The number of hydrogen-bond acceptors (Lipinski definition) is 5. The molecule has 0 saturated carbocycles. The van der Waals surface area contributed by atoms with Gasteiger partial charge in [0.25, 0.3) is 5.91 Å². The third-order valence-corrected chi connectivity index (χ3v) is 4.89. The largest absolute Gasteiger partial charge is 0.472 e. The Morgan fingerprint density at radius 1 is 1.22 bits per heavy atom. The lowest BCUT2D eigenvalue weighted by Gasteiger charge is -2.31. The molecule has 1 aliphatic rings. The van der Waals surface area contributed by atoms with Crippen LogP contribution in [-0.4, -0.2) is 42.9 Å². The highest BCUT2D eigenvalue weighted by Gasteiger charge is 2.28. The summed E-state index contributed by atoms with van der Waals surface area (Å²) in [6.07, 6.45) is 4.00. The van der Waals surface area contributed by atoms with Crippen molar-refractivity contribution < 1.29 is 23.5 Å². The highest BCUT2D eigenvalue weighted by molar-refractivity contribution is 6.33. The summed E-state index contributed by atoms with van der Waals surface area (Å²) in [6.45, 7) is 0.992. The van der Waals surface area contributed by atoms with Gasteiger partial charge >= 0.3 is 5.97 Å². The average Bonchev–Trinajstić information content (AvgIpc) is 3.23. The van der Waals surface area contributed by atoms with Crippen LogP contribution in [0.5, 0.6) is 0 Å². The number of benzene rings is 1. The molecule has 1 aromatic carbocycles. The number of amides is 2. The molecule has 0 aliphatic carbocycles. The monoisotopic (exact) mass is 390 g/mol. The highest BCUT2D eigenvalue weighted by atomic mass is 35.5. The molecule has 1 fully saturated rings. The molecular formula is C19H19ClN2O5. The summed E-state index contributed by atoms with van der Waals surface area (Å²) in [5.74, 6) is -1.02. The van der Waals surface area contributed by atoms with Gasteiger partial charge in [-0.15, -0.1) is 0 Å². The van der Waals surface area contributed by atoms with Crippen LogP contribution < -0.4 is 5.32 Å². The average molecular weight is 391 g/mol. The van der Waals surface area contributed by atoms with Crippen molar-refractivity contribution >= 4 is 35.1 Å². The first-order valence-corrected chi connectivity index (χ1v) is 8.87. The number of methoxy groups -OCH3 is 1. The van der Waals surface area contributed by atoms with Crippen LogP contribution in [0.4, 0.5) is 5.69 Å². The SMILES string of the molecule is COC(=O)c1cc(NC(=O)C2CCN(C(=O)c3ccoc3)CC2)ccc1Cl. The van der Waals surface area contributed by atoms with Gasteiger partial charge < -0.3 is 19.4 Å². The van der Waals surface area contributed by atoms with Crippen LogP contribution in [0.1, 0.15) is 33.6 Å². The number of likely N-dealkylation sites (tertiary alicyclic amines) is 1. The maximum atomic E-state index is 12.5. The fourth-order valence-electron chi connectivity index (χ4n) is 3.03. The predicted octanol–water partition coefficient (Wildman–Crippen LogP) is 3.21. The zero-order valence-electron chi connectivity index (χ0n) is 14.7. The van der Waals surface area contributed by atoms with E-state index >= 15 is 0 Å². The van der Waals surface area contributed by atoms with Crippen molar-refractivity contribution in [1.82, 2.24) is 4.90 Å². The minimum absolute atomic E-state index is 0.0944. The van der Waals surface area contributed by atoms with Crippen molar-refractivity contribution in [2.75, 3.05) is 25.5 Å². The van der Waals surface area contributed by atoms with Crippen LogP contribution in [0.3, 0.4) is 0 Å². The maximum Gasteiger partial charge on any atom is 0.339 e. The first-order chi connectivity index (χ1) is 13.0.